The van der Waals surface area contributed by atoms with Crippen molar-refractivity contribution in [3.05, 3.63) is 28.2 Å². The largest absolute Gasteiger partial charge is 0.393 e. The number of rotatable bonds is 2. The Hall–Kier alpha value is -0.580. The molecule has 2 unspecified atom stereocenters. The summed E-state index contributed by atoms with van der Waals surface area (Å²) < 4.78 is 1.06. The Morgan fingerprint density at radius 2 is 2.22 bits per heavy atom. The first-order valence-corrected chi connectivity index (χ1v) is 7.26. The fourth-order valence-corrected chi connectivity index (χ4v) is 3.18. The van der Waals surface area contributed by atoms with Gasteiger partial charge in [0.2, 0.25) is 0 Å². The first-order valence-electron chi connectivity index (χ1n) is 6.47. The van der Waals surface area contributed by atoms with Gasteiger partial charge in [0.25, 0.3) is 0 Å². The van der Waals surface area contributed by atoms with Gasteiger partial charge in [-0.2, -0.15) is 0 Å². The molecule has 0 radical (unpaired) electrons. The van der Waals surface area contributed by atoms with E-state index in [9.17, 15) is 5.11 Å². The fourth-order valence-electron chi connectivity index (χ4n) is 2.45. The van der Waals surface area contributed by atoms with E-state index in [0.717, 1.165) is 29.5 Å². The molecule has 1 aliphatic rings. The van der Waals surface area contributed by atoms with E-state index < -0.39 is 0 Å². The van der Waals surface area contributed by atoms with Crippen LogP contribution in [0.1, 0.15) is 31.9 Å². The Balaban J connectivity index is 2.17. The van der Waals surface area contributed by atoms with Gasteiger partial charge in [-0.05, 0) is 37.0 Å². The average Bonchev–Trinajstić information content (AvgIpc) is 2.32. The van der Waals surface area contributed by atoms with E-state index in [2.05, 4.69) is 46.0 Å². The van der Waals surface area contributed by atoms with Crippen LogP contribution in [0.2, 0.25) is 0 Å². The Morgan fingerprint density at radius 1 is 1.50 bits per heavy atom. The Kier molecular flexibility index (Phi) is 4.30. The maximum Gasteiger partial charge on any atom is 0.0599 e. The van der Waals surface area contributed by atoms with Crippen LogP contribution in [0.15, 0.2) is 22.7 Å². The second kappa shape index (κ2) is 5.59. The molecule has 1 heterocycles. The molecule has 2 rings (SSSR count). The molecule has 1 aliphatic heterocycles. The lowest BCUT2D eigenvalue weighted by atomic mass is 9.96. The molecule has 0 aliphatic carbocycles. The van der Waals surface area contributed by atoms with Crippen LogP contribution in [0.5, 0.6) is 0 Å². The number of anilines is 1. The average molecular weight is 313 g/mol. The molecular weight excluding hydrogens is 292 g/mol. The first-order chi connectivity index (χ1) is 8.49. The maximum absolute atomic E-state index is 9.76. The van der Waals surface area contributed by atoms with E-state index in [4.69, 9.17) is 5.73 Å². The Labute approximate surface area is 117 Å². The van der Waals surface area contributed by atoms with Gasteiger partial charge in [-0.1, -0.05) is 28.9 Å². The molecule has 3 atom stereocenters. The monoisotopic (exact) mass is 312 g/mol. The predicted octanol–water partition coefficient (Wildman–Crippen LogP) is 2.68. The molecule has 3 nitrogen and oxygen atoms in total. The molecule has 4 heteroatoms. The van der Waals surface area contributed by atoms with Crippen LogP contribution >= 0.6 is 15.9 Å². The highest BCUT2D eigenvalue weighted by Crippen LogP contribution is 2.29. The number of piperidine rings is 1. The number of aliphatic hydroxyl groups excluding tert-OH is 1. The summed E-state index contributed by atoms with van der Waals surface area (Å²) >= 11 is 3.59. The molecule has 18 heavy (non-hydrogen) atoms. The Bertz CT molecular complexity index is 422. The van der Waals surface area contributed by atoms with Crippen molar-refractivity contribution in [3.8, 4) is 0 Å². The number of hydrogen-bond acceptors (Lipinski definition) is 3. The highest BCUT2D eigenvalue weighted by molar-refractivity contribution is 9.10. The van der Waals surface area contributed by atoms with Crippen molar-refractivity contribution in [2.45, 2.75) is 32.4 Å². The van der Waals surface area contributed by atoms with Crippen LogP contribution in [-0.4, -0.2) is 24.3 Å². The van der Waals surface area contributed by atoms with E-state index in [0.29, 0.717) is 5.92 Å². The number of halogens is 1. The lowest BCUT2D eigenvalue weighted by molar-refractivity contribution is 0.0971. The minimum atomic E-state index is -0.159. The molecular formula is C14H21BrN2O. The van der Waals surface area contributed by atoms with Gasteiger partial charge in [0.15, 0.2) is 0 Å². The van der Waals surface area contributed by atoms with Crippen molar-refractivity contribution < 1.29 is 5.11 Å². The van der Waals surface area contributed by atoms with Crippen molar-refractivity contribution in [3.63, 3.8) is 0 Å². The van der Waals surface area contributed by atoms with Crippen molar-refractivity contribution in [1.82, 2.24) is 0 Å². The zero-order valence-corrected chi connectivity index (χ0v) is 12.5. The normalized spacial score (nSPS) is 26.2. The van der Waals surface area contributed by atoms with E-state index >= 15 is 0 Å². The molecule has 0 saturated carbocycles. The SMILES string of the molecule is CC1CN(c2ccc([C@@H](C)N)c(Br)c2)CCC1O. The summed E-state index contributed by atoms with van der Waals surface area (Å²) in [5.74, 6) is 0.325. The molecule has 1 aromatic carbocycles. The van der Waals surface area contributed by atoms with Crippen molar-refractivity contribution in [1.29, 1.82) is 0 Å². The summed E-state index contributed by atoms with van der Waals surface area (Å²) in [6.45, 7) is 5.90. The number of aliphatic hydroxyl groups is 1. The van der Waals surface area contributed by atoms with Gasteiger partial charge in [-0.15, -0.1) is 0 Å². The third-order valence-corrected chi connectivity index (χ3v) is 4.39. The molecule has 100 valence electrons. The summed E-state index contributed by atoms with van der Waals surface area (Å²) in [4.78, 5) is 2.33. The van der Waals surface area contributed by atoms with Gasteiger partial charge < -0.3 is 15.7 Å². The first kappa shape index (κ1) is 13.8. The Morgan fingerprint density at radius 3 is 2.78 bits per heavy atom. The standard InChI is InChI=1S/C14H21BrN2O/c1-9-8-17(6-5-14(9)18)11-3-4-12(10(2)16)13(15)7-11/h3-4,7,9-10,14,18H,5-6,8,16H2,1-2H3/t9?,10-,14?/m1/s1. The van der Waals surface area contributed by atoms with Gasteiger partial charge in [0, 0.05) is 29.3 Å². The molecule has 0 amide bonds. The third-order valence-electron chi connectivity index (χ3n) is 3.70. The zero-order valence-electron chi connectivity index (χ0n) is 10.9. The molecule has 0 spiro atoms. The summed E-state index contributed by atoms with van der Waals surface area (Å²) in [7, 11) is 0. The van der Waals surface area contributed by atoms with Gasteiger partial charge in [0.1, 0.15) is 0 Å². The minimum Gasteiger partial charge on any atom is -0.393 e. The number of nitrogens with two attached hydrogens (primary N) is 1. The number of hydrogen-bond donors (Lipinski definition) is 2. The lowest BCUT2D eigenvalue weighted by Crippen LogP contribution is -2.41. The van der Waals surface area contributed by atoms with E-state index in [1.165, 1.54) is 5.69 Å². The highest BCUT2D eigenvalue weighted by Gasteiger charge is 2.24. The van der Waals surface area contributed by atoms with Crippen LogP contribution in [0, 0.1) is 5.92 Å². The van der Waals surface area contributed by atoms with Crippen LogP contribution < -0.4 is 10.6 Å². The predicted molar refractivity (Wildman–Crippen MR) is 78.7 cm³/mol. The second-order valence-corrected chi connectivity index (χ2v) is 6.13. The van der Waals surface area contributed by atoms with Crippen LogP contribution in [0.3, 0.4) is 0 Å². The van der Waals surface area contributed by atoms with Gasteiger partial charge in [-0.25, -0.2) is 0 Å². The number of nitrogens with zero attached hydrogens (tertiary/aromatic N) is 1. The molecule has 1 saturated heterocycles. The summed E-state index contributed by atoms with van der Waals surface area (Å²) in [6.07, 6.45) is 0.682. The summed E-state index contributed by atoms with van der Waals surface area (Å²) in [5.41, 5.74) is 8.23. The molecule has 1 fully saturated rings. The fraction of sp³-hybridized carbons (Fsp3) is 0.571. The summed E-state index contributed by atoms with van der Waals surface area (Å²) in [5, 5.41) is 9.76. The molecule has 1 aromatic rings. The zero-order chi connectivity index (χ0) is 13.3. The van der Waals surface area contributed by atoms with E-state index in [1.807, 2.05) is 6.92 Å². The second-order valence-electron chi connectivity index (χ2n) is 5.27. The lowest BCUT2D eigenvalue weighted by Gasteiger charge is -2.36. The van der Waals surface area contributed by atoms with Crippen molar-refractivity contribution >= 4 is 21.6 Å². The van der Waals surface area contributed by atoms with E-state index in [1.54, 1.807) is 0 Å². The summed E-state index contributed by atoms with van der Waals surface area (Å²) in [6, 6.07) is 6.37. The van der Waals surface area contributed by atoms with Crippen LogP contribution in [-0.2, 0) is 0 Å². The van der Waals surface area contributed by atoms with Gasteiger partial charge in [-0.3, -0.25) is 0 Å². The van der Waals surface area contributed by atoms with Crippen LogP contribution in [0.4, 0.5) is 5.69 Å². The molecule has 0 bridgehead atoms. The van der Waals surface area contributed by atoms with Gasteiger partial charge >= 0.3 is 0 Å². The molecule has 3 N–H and O–H groups in total. The number of benzene rings is 1. The molecule has 0 aromatic heterocycles. The topological polar surface area (TPSA) is 49.5 Å². The maximum atomic E-state index is 9.76. The van der Waals surface area contributed by atoms with Crippen molar-refractivity contribution in [2.75, 3.05) is 18.0 Å². The smallest absolute Gasteiger partial charge is 0.0599 e. The quantitative estimate of drug-likeness (QED) is 0.882. The van der Waals surface area contributed by atoms with Gasteiger partial charge in [0.05, 0.1) is 6.10 Å². The van der Waals surface area contributed by atoms with Crippen molar-refractivity contribution in [2.24, 2.45) is 11.7 Å². The minimum absolute atomic E-state index is 0.0375. The van der Waals surface area contributed by atoms with E-state index in [-0.39, 0.29) is 12.1 Å². The third kappa shape index (κ3) is 2.87. The highest BCUT2D eigenvalue weighted by atomic mass is 79.9. The van der Waals surface area contributed by atoms with Crippen LogP contribution in [0.25, 0.3) is 0 Å².